The summed E-state index contributed by atoms with van der Waals surface area (Å²) in [6, 6.07) is 18.2. The molecule has 37 heavy (non-hydrogen) atoms. The van der Waals surface area contributed by atoms with E-state index in [1.807, 2.05) is 44.2 Å². The fraction of sp³-hybridized carbons (Fsp3) is 0.148. The maximum absolute atomic E-state index is 12.5. The third kappa shape index (κ3) is 7.50. The number of aliphatic imine (C=N–C) groups is 1. The van der Waals surface area contributed by atoms with E-state index >= 15 is 0 Å². The first-order valence-electron chi connectivity index (χ1n) is 11.3. The third-order valence-electron chi connectivity index (χ3n) is 4.99. The van der Waals surface area contributed by atoms with Gasteiger partial charge in [0.1, 0.15) is 0 Å². The van der Waals surface area contributed by atoms with E-state index in [1.165, 1.54) is 11.8 Å². The fourth-order valence-corrected chi connectivity index (χ4v) is 5.15. The fourth-order valence-electron chi connectivity index (χ4n) is 3.40. The molecule has 1 fully saturated rings. The molecular weight excluding hydrogens is 625 g/mol. The minimum atomic E-state index is -0.276. The Labute approximate surface area is 237 Å². The van der Waals surface area contributed by atoms with Crippen molar-refractivity contribution in [2.24, 2.45) is 4.99 Å². The average molecular weight is 648 g/mol. The number of aryl methyl sites for hydroxylation is 1. The second-order valence-electron chi connectivity index (χ2n) is 7.93. The van der Waals surface area contributed by atoms with E-state index in [-0.39, 0.29) is 18.4 Å². The zero-order chi connectivity index (χ0) is 26.4. The van der Waals surface area contributed by atoms with Crippen LogP contribution in [0.25, 0.3) is 6.08 Å². The number of rotatable bonds is 8. The molecule has 7 nitrogen and oxygen atoms in total. The highest BCUT2D eigenvalue weighted by atomic mass is 127. The molecule has 10 heteroatoms. The number of nitrogens with one attached hydrogen (secondary N) is 2. The molecule has 0 aromatic heterocycles. The van der Waals surface area contributed by atoms with Gasteiger partial charge in [-0.1, -0.05) is 23.7 Å². The Morgan fingerprint density at radius 2 is 1.95 bits per heavy atom. The van der Waals surface area contributed by atoms with Crippen molar-refractivity contribution in [2.45, 2.75) is 13.8 Å². The van der Waals surface area contributed by atoms with Crippen LogP contribution in [0.4, 0.5) is 11.4 Å². The molecule has 1 saturated heterocycles. The van der Waals surface area contributed by atoms with E-state index in [1.54, 1.807) is 36.4 Å². The molecule has 190 valence electrons. The van der Waals surface area contributed by atoms with Gasteiger partial charge in [-0.05, 0) is 114 Å². The van der Waals surface area contributed by atoms with Crippen LogP contribution in [0.3, 0.4) is 0 Å². The molecule has 0 bridgehead atoms. The van der Waals surface area contributed by atoms with Gasteiger partial charge in [-0.15, -0.1) is 0 Å². The molecular formula is C27H23ClIN3O4S. The van der Waals surface area contributed by atoms with Crippen LogP contribution in [0.15, 0.2) is 70.6 Å². The van der Waals surface area contributed by atoms with Crippen LogP contribution in [0.2, 0.25) is 5.02 Å². The summed E-state index contributed by atoms with van der Waals surface area (Å²) in [6.45, 7) is 4.06. The molecule has 0 spiro atoms. The second kappa shape index (κ2) is 12.5. The zero-order valence-corrected chi connectivity index (χ0v) is 23.7. The van der Waals surface area contributed by atoms with Crippen LogP contribution in [0.1, 0.15) is 18.1 Å². The van der Waals surface area contributed by atoms with E-state index in [2.05, 4.69) is 38.2 Å². The zero-order valence-electron chi connectivity index (χ0n) is 20.0. The Balaban J connectivity index is 1.48. The van der Waals surface area contributed by atoms with Gasteiger partial charge in [-0.25, -0.2) is 4.99 Å². The quantitative estimate of drug-likeness (QED) is 0.214. The van der Waals surface area contributed by atoms with Crippen molar-refractivity contribution in [3.8, 4) is 11.5 Å². The largest absolute Gasteiger partial charge is 0.490 e. The lowest BCUT2D eigenvalue weighted by atomic mass is 10.2. The number of anilines is 1. The Morgan fingerprint density at radius 3 is 2.68 bits per heavy atom. The lowest BCUT2D eigenvalue weighted by Gasteiger charge is -2.15. The van der Waals surface area contributed by atoms with Gasteiger partial charge in [0.15, 0.2) is 23.3 Å². The predicted molar refractivity (Wildman–Crippen MR) is 158 cm³/mol. The minimum absolute atomic E-state index is 0.173. The molecule has 1 heterocycles. The Hall–Kier alpha value is -3.02. The molecule has 0 saturated carbocycles. The van der Waals surface area contributed by atoms with Gasteiger partial charge < -0.3 is 20.1 Å². The number of hydrogen-bond donors (Lipinski definition) is 2. The Morgan fingerprint density at radius 1 is 1.16 bits per heavy atom. The van der Waals surface area contributed by atoms with Gasteiger partial charge in [0.05, 0.1) is 20.8 Å². The monoisotopic (exact) mass is 647 g/mol. The van der Waals surface area contributed by atoms with Gasteiger partial charge in [0.25, 0.3) is 11.8 Å². The SMILES string of the molecule is CCOc1cc(/C=C2\SC(=Nc3ccc(Cl)cc3)NC2=O)cc(I)c1OCC(=O)Nc1cccc(C)c1. The maximum atomic E-state index is 12.5. The molecule has 1 aliphatic heterocycles. The van der Waals surface area contributed by atoms with Gasteiger partial charge in [-0.2, -0.15) is 0 Å². The predicted octanol–water partition coefficient (Wildman–Crippen LogP) is 6.56. The number of halogens is 2. The highest BCUT2D eigenvalue weighted by Crippen LogP contribution is 2.36. The average Bonchev–Trinajstić information content (AvgIpc) is 3.18. The molecule has 0 atom stereocenters. The minimum Gasteiger partial charge on any atom is -0.490 e. The van der Waals surface area contributed by atoms with Crippen molar-refractivity contribution in [3.63, 3.8) is 0 Å². The number of amidine groups is 1. The number of thioether (sulfide) groups is 1. The number of carbonyl (C=O) groups is 2. The van der Waals surface area contributed by atoms with E-state index in [0.717, 1.165) is 14.7 Å². The molecule has 4 rings (SSSR count). The number of hydrogen-bond acceptors (Lipinski definition) is 6. The van der Waals surface area contributed by atoms with Crippen LogP contribution in [-0.2, 0) is 9.59 Å². The Bertz CT molecular complexity index is 1390. The van der Waals surface area contributed by atoms with E-state index in [4.69, 9.17) is 21.1 Å². The number of carbonyl (C=O) groups excluding carboxylic acids is 2. The normalized spacial score (nSPS) is 15.1. The first kappa shape index (κ1) is 27.0. The van der Waals surface area contributed by atoms with Gasteiger partial charge in [0, 0.05) is 10.7 Å². The number of benzene rings is 3. The van der Waals surface area contributed by atoms with Crippen molar-refractivity contribution >= 4 is 80.4 Å². The van der Waals surface area contributed by atoms with E-state index in [9.17, 15) is 9.59 Å². The summed E-state index contributed by atoms with van der Waals surface area (Å²) in [5, 5.41) is 6.71. The summed E-state index contributed by atoms with van der Waals surface area (Å²) in [7, 11) is 0. The summed E-state index contributed by atoms with van der Waals surface area (Å²) in [5.41, 5.74) is 3.21. The standard InChI is InChI=1S/C27H23ClIN3O4S/c1-3-35-22-13-17(14-23-26(34)32-27(37-23)31-19-9-7-18(28)8-10-19)12-21(29)25(22)36-15-24(33)30-20-6-4-5-16(2)11-20/h4-14H,3,15H2,1-2H3,(H,30,33)(H,31,32,34)/b23-14-. The summed E-state index contributed by atoms with van der Waals surface area (Å²) >= 11 is 9.30. The molecule has 3 aromatic rings. The maximum Gasteiger partial charge on any atom is 0.264 e. The molecule has 1 aliphatic rings. The van der Waals surface area contributed by atoms with Crippen molar-refractivity contribution in [3.05, 3.63) is 85.3 Å². The van der Waals surface area contributed by atoms with Gasteiger partial charge >= 0.3 is 0 Å². The summed E-state index contributed by atoms with van der Waals surface area (Å²) in [6.07, 6.45) is 1.77. The lowest BCUT2D eigenvalue weighted by Crippen LogP contribution is -2.20. The van der Waals surface area contributed by atoms with Crippen LogP contribution in [-0.4, -0.2) is 30.2 Å². The van der Waals surface area contributed by atoms with Crippen molar-refractivity contribution < 1.29 is 19.1 Å². The molecule has 0 aliphatic carbocycles. The molecule has 2 N–H and O–H groups in total. The van der Waals surface area contributed by atoms with Crippen LogP contribution in [0, 0.1) is 10.5 Å². The number of ether oxygens (including phenoxy) is 2. The molecule has 0 unspecified atom stereocenters. The number of nitrogens with zero attached hydrogens (tertiary/aromatic N) is 1. The van der Waals surface area contributed by atoms with Gasteiger partial charge in [0.2, 0.25) is 0 Å². The van der Waals surface area contributed by atoms with Gasteiger partial charge in [-0.3, -0.25) is 9.59 Å². The molecule has 2 amide bonds. The summed E-state index contributed by atoms with van der Waals surface area (Å²) in [5.74, 6) is 0.445. The van der Waals surface area contributed by atoms with E-state index < -0.39 is 0 Å². The van der Waals surface area contributed by atoms with Crippen molar-refractivity contribution in [1.29, 1.82) is 0 Å². The summed E-state index contributed by atoms with van der Waals surface area (Å²) < 4.78 is 12.4. The first-order valence-corrected chi connectivity index (χ1v) is 13.6. The summed E-state index contributed by atoms with van der Waals surface area (Å²) in [4.78, 5) is 29.9. The van der Waals surface area contributed by atoms with Crippen molar-refractivity contribution in [2.75, 3.05) is 18.5 Å². The highest BCUT2D eigenvalue weighted by Gasteiger charge is 2.24. The second-order valence-corrected chi connectivity index (χ2v) is 10.6. The smallest absolute Gasteiger partial charge is 0.264 e. The Kier molecular flexibility index (Phi) is 9.12. The molecule has 3 aromatic carbocycles. The number of amides is 2. The lowest BCUT2D eigenvalue weighted by molar-refractivity contribution is -0.118. The van der Waals surface area contributed by atoms with Crippen LogP contribution < -0.4 is 20.1 Å². The first-order chi connectivity index (χ1) is 17.8. The third-order valence-corrected chi connectivity index (χ3v) is 6.95. The van der Waals surface area contributed by atoms with Crippen LogP contribution >= 0.6 is 46.0 Å². The van der Waals surface area contributed by atoms with E-state index in [0.29, 0.717) is 44.6 Å². The molecule has 0 radical (unpaired) electrons. The van der Waals surface area contributed by atoms with Crippen molar-refractivity contribution in [1.82, 2.24) is 5.32 Å². The highest BCUT2D eigenvalue weighted by molar-refractivity contribution is 14.1. The van der Waals surface area contributed by atoms with Crippen LogP contribution in [0.5, 0.6) is 11.5 Å². The topological polar surface area (TPSA) is 89.0 Å².